The lowest BCUT2D eigenvalue weighted by molar-refractivity contribution is -0.119. The van der Waals surface area contributed by atoms with Crippen LogP contribution in [-0.2, 0) is 4.79 Å². The van der Waals surface area contributed by atoms with Crippen LogP contribution in [0.25, 0.3) is 5.65 Å². The minimum atomic E-state index is -0.208. The number of nitrogens with one attached hydrogen (secondary N) is 2. The Kier molecular flexibility index (Phi) is 3.09. The maximum atomic E-state index is 12.2. The summed E-state index contributed by atoms with van der Waals surface area (Å²) in [6, 6.07) is 5.28. The molecule has 0 spiro atoms. The van der Waals surface area contributed by atoms with Gasteiger partial charge in [0.15, 0.2) is 5.65 Å². The molecule has 3 rings (SSSR count). The van der Waals surface area contributed by atoms with Gasteiger partial charge < -0.3 is 10.6 Å². The predicted molar refractivity (Wildman–Crippen MR) is 71.2 cm³/mol. The average molecular weight is 273 g/mol. The van der Waals surface area contributed by atoms with E-state index in [1.807, 2.05) is 0 Å². The number of pyridine rings is 1. The van der Waals surface area contributed by atoms with E-state index in [9.17, 15) is 9.59 Å². The van der Waals surface area contributed by atoms with Gasteiger partial charge in [0.05, 0.1) is 0 Å². The molecule has 1 saturated heterocycles. The molecule has 2 aromatic heterocycles. The number of amides is 2. The lowest BCUT2D eigenvalue weighted by Gasteiger charge is -2.09. The second-order valence-corrected chi connectivity index (χ2v) is 4.92. The van der Waals surface area contributed by atoms with E-state index in [0.29, 0.717) is 36.7 Å². The van der Waals surface area contributed by atoms with E-state index >= 15 is 0 Å². The first-order chi connectivity index (χ1) is 9.63. The molecule has 20 heavy (non-hydrogen) atoms. The molecule has 0 aliphatic carbocycles. The number of hydrogen-bond donors (Lipinski definition) is 2. The minimum Gasteiger partial charge on any atom is -0.356 e. The highest BCUT2D eigenvalue weighted by atomic mass is 16.2. The molecule has 1 aliphatic rings. The summed E-state index contributed by atoms with van der Waals surface area (Å²) in [5.74, 6) is 0.608. The highest BCUT2D eigenvalue weighted by Crippen LogP contribution is 2.09. The van der Waals surface area contributed by atoms with Gasteiger partial charge in [-0.3, -0.25) is 9.59 Å². The highest BCUT2D eigenvalue weighted by Gasteiger charge is 2.22. The fourth-order valence-electron chi connectivity index (χ4n) is 2.32. The molecule has 0 radical (unpaired) electrons. The van der Waals surface area contributed by atoms with Crippen LogP contribution in [0.3, 0.4) is 0 Å². The molecule has 2 aromatic rings. The molecule has 7 heteroatoms. The lowest BCUT2D eigenvalue weighted by atomic mass is 10.1. The number of rotatable bonds is 3. The Balaban J connectivity index is 1.74. The highest BCUT2D eigenvalue weighted by molar-refractivity contribution is 5.93. The molecule has 2 N–H and O–H groups in total. The zero-order chi connectivity index (χ0) is 14.1. The first kappa shape index (κ1) is 12.6. The SMILES string of the molecule is Cc1nc2cccc(C(=O)NCC3CNC(=O)C3)n2n1. The van der Waals surface area contributed by atoms with E-state index in [2.05, 4.69) is 20.7 Å². The van der Waals surface area contributed by atoms with Crippen LogP contribution in [0.1, 0.15) is 22.7 Å². The van der Waals surface area contributed by atoms with Crippen LogP contribution in [0.5, 0.6) is 0 Å². The second-order valence-electron chi connectivity index (χ2n) is 4.92. The maximum absolute atomic E-state index is 12.2. The summed E-state index contributed by atoms with van der Waals surface area (Å²) in [6.45, 7) is 2.87. The molecule has 1 fully saturated rings. The standard InChI is InChI=1S/C13H15N5O2/c1-8-16-11-4-2-3-10(18(11)17-8)13(20)15-7-9-5-12(19)14-6-9/h2-4,9H,5-7H2,1H3,(H,14,19)(H,15,20). The van der Waals surface area contributed by atoms with E-state index < -0.39 is 0 Å². The van der Waals surface area contributed by atoms with Crippen molar-refractivity contribution in [1.82, 2.24) is 25.2 Å². The average Bonchev–Trinajstić information content (AvgIpc) is 3.00. The van der Waals surface area contributed by atoms with E-state index in [-0.39, 0.29) is 17.7 Å². The molecular formula is C13H15N5O2. The largest absolute Gasteiger partial charge is 0.356 e. The van der Waals surface area contributed by atoms with Gasteiger partial charge >= 0.3 is 0 Å². The Morgan fingerprint density at radius 1 is 1.55 bits per heavy atom. The third-order valence-electron chi connectivity index (χ3n) is 3.31. The zero-order valence-electron chi connectivity index (χ0n) is 11.1. The number of aromatic nitrogens is 3. The van der Waals surface area contributed by atoms with Crippen LogP contribution < -0.4 is 10.6 Å². The molecule has 2 amide bonds. The van der Waals surface area contributed by atoms with Gasteiger partial charge in [0.25, 0.3) is 5.91 Å². The Labute approximate surface area is 115 Å². The van der Waals surface area contributed by atoms with Gasteiger partial charge in [-0.25, -0.2) is 9.50 Å². The third-order valence-corrected chi connectivity index (χ3v) is 3.31. The second kappa shape index (κ2) is 4.92. The summed E-state index contributed by atoms with van der Waals surface area (Å²) in [6.07, 6.45) is 0.465. The van der Waals surface area contributed by atoms with Crippen molar-refractivity contribution in [3.63, 3.8) is 0 Å². The van der Waals surface area contributed by atoms with Crippen molar-refractivity contribution in [1.29, 1.82) is 0 Å². The summed E-state index contributed by atoms with van der Waals surface area (Å²) in [4.78, 5) is 27.5. The summed E-state index contributed by atoms with van der Waals surface area (Å²) in [7, 11) is 0. The van der Waals surface area contributed by atoms with Gasteiger partial charge in [-0.05, 0) is 19.1 Å². The van der Waals surface area contributed by atoms with Gasteiger partial charge in [-0.2, -0.15) is 5.10 Å². The zero-order valence-corrected chi connectivity index (χ0v) is 11.1. The van der Waals surface area contributed by atoms with Crippen LogP contribution in [0.15, 0.2) is 18.2 Å². The Morgan fingerprint density at radius 2 is 2.40 bits per heavy atom. The smallest absolute Gasteiger partial charge is 0.270 e. The fourth-order valence-corrected chi connectivity index (χ4v) is 2.32. The molecule has 0 bridgehead atoms. The summed E-state index contributed by atoms with van der Waals surface area (Å²) in [5, 5.41) is 9.80. The molecule has 1 atom stereocenters. The minimum absolute atomic E-state index is 0.0400. The Bertz CT molecular complexity index is 678. The van der Waals surface area contributed by atoms with Crippen LogP contribution in [0.4, 0.5) is 0 Å². The predicted octanol–water partition coefficient (Wildman–Crippen LogP) is -0.0964. The molecule has 0 aromatic carbocycles. The van der Waals surface area contributed by atoms with Gasteiger partial charge in [0.1, 0.15) is 11.5 Å². The number of carbonyl (C=O) groups excluding carboxylic acids is 2. The molecule has 3 heterocycles. The van der Waals surface area contributed by atoms with Crippen molar-refractivity contribution in [3.05, 3.63) is 29.7 Å². The van der Waals surface area contributed by atoms with Crippen molar-refractivity contribution < 1.29 is 9.59 Å². The van der Waals surface area contributed by atoms with Crippen molar-refractivity contribution in [3.8, 4) is 0 Å². The normalized spacial score (nSPS) is 18.2. The number of fused-ring (bicyclic) bond motifs is 1. The fraction of sp³-hybridized carbons (Fsp3) is 0.385. The molecule has 7 nitrogen and oxygen atoms in total. The topological polar surface area (TPSA) is 88.4 Å². The van der Waals surface area contributed by atoms with Crippen LogP contribution in [0, 0.1) is 12.8 Å². The number of hydrogen-bond acceptors (Lipinski definition) is 4. The van der Waals surface area contributed by atoms with Crippen LogP contribution >= 0.6 is 0 Å². The van der Waals surface area contributed by atoms with Crippen molar-refractivity contribution >= 4 is 17.5 Å². The van der Waals surface area contributed by atoms with Crippen LogP contribution in [0.2, 0.25) is 0 Å². The van der Waals surface area contributed by atoms with Gasteiger partial charge in [-0.1, -0.05) is 6.07 Å². The summed E-state index contributed by atoms with van der Waals surface area (Å²) in [5.41, 5.74) is 1.09. The van der Waals surface area contributed by atoms with E-state index in [4.69, 9.17) is 0 Å². The lowest BCUT2D eigenvalue weighted by Crippen LogP contribution is -2.31. The van der Waals surface area contributed by atoms with E-state index in [0.717, 1.165) is 0 Å². The Hall–Kier alpha value is -2.44. The van der Waals surface area contributed by atoms with Crippen molar-refractivity contribution in [2.75, 3.05) is 13.1 Å². The summed E-state index contributed by atoms with van der Waals surface area (Å²) >= 11 is 0. The first-order valence-corrected chi connectivity index (χ1v) is 6.51. The van der Waals surface area contributed by atoms with Gasteiger partial charge in [0, 0.05) is 25.4 Å². The molecule has 1 aliphatic heterocycles. The monoisotopic (exact) mass is 273 g/mol. The molecular weight excluding hydrogens is 258 g/mol. The third kappa shape index (κ3) is 2.34. The van der Waals surface area contributed by atoms with Gasteiger partial charge in [-0.15, -0.1) is 0 Å². The van der Waals surface area contributed by atoms with Crippen LogP contribution in [-0.4, -0.2) is 39.5 Å². The first-order valence-electron chi connectivity index (χ1n) is 6.51. The molecule has 1 unspecified atom stereocenters. The van der Waals surface area contributed by atoms with E-state index in [1.165, 1.54) is 4.52 Å². The number of aryl methyl sites for hydroxylation is 1. The van der Waals surface area contributed by atoms with Crippen molar-refractivity contribution in [2.24, 2.45) is 5.92 Å². The molecule has 0 saturated carbocycles. The van der Waals surface area contributed by atoms with E-state index in [1.54, 1.807) is 25.1 Å². The Morgan fingerprint density at radius 3 is 3.15 bits per heavy atom. The number of carbonyl (C=O) groups is 2. The van der Waals surface area contributed by atoms with Gasteiger partial charge in [0.2, 0.25) is 5.91 Å². The molecule has 104 valence electrons. The maximum Gasteiger partial charge on any atom is 0.270 e. The number of nitrogens with zero attached hydrogens (tertiary/aromatic N) is 3. The van der Waals surface area contributed by atoms with Crippen molar-refractivity contribution in [2.45, 2.75) is 13.3 Å². The summed E-state index contributed by atoms with van der Waals surface area (Å²) < 4.78 is 1.53. The quantitative estimate of drug-likeness (QED) is 0.817.